The van der Waals surface area contributed by atoms with Gasteiger partial charge >= 0.3 is 0 Å². The van der Waals surface area contributed by atoms with Crippen molar-refractivity contribution < 1.29 is 4.79 Å². The van der Waals surface area contributed by atoms with Crippen LogP contribution in [-0.2, 0) is 24.8 Å². The molecule has 0 aliphatic rings. The van der Waals surface area contributed by atoms with Gasteiger partial charge in [0, 0.05) is 43.9 Å². The van der Waals surface area contributed by atoms with Crippen molar-refractivity contribution in [2.24, 2.45) is 7.05 Å². The summed E-state index contributed by atoms with van der Waals surface area (Å²) in [7, 11) is 1.93. The molecule has 1 amide bonds. The molecule has 0 spiro atoms. The van der Waals surface area contributed by atoms with Crippen LogP contribution in [0.25, 0.3) is 0 Å². The maximum absolute atomic E-state index is 11.6. The lowest BCUT2D eigenvalue weighted by molar-refractivity contribution is -0.122. The molecule has 0 saturated heterocycles. The summed E-state index contributed by atoms with van der Waals surface area (Å²) in [6, 6.07) is 0. The highest BCUT2D eigenvalue weighted by Crippen LogP contribution is 2.06. The monoisotopic (exact) mass is 266 g/mol. The highest BCUT2D eigenvalue weighted by atomic mass is 16.1. The van der Waals surface area contributed by atoms with Crippen LogP contribution in [0.4, 0.5) is 0 Å². The van der Waals surface area contributed by atoms with Crippen LogP contribution in [0.3, 0.4) is 0 Å². The third-order valence-corrected chi connectivity index (χ3v) is 2.69. The van der Waals surface area contributed by atoms with Crippen molar-refractivity contribution in [2.45, 2.75) is 52.6 Å². The van der Waals surface area contributed by atoms with E-state index in [1.54, 1.807) is 0 Å². The highest BCUT2D eigenvalue weighted by molar-refractivity contribution is 5.76. The largest absolute Gasteiger partial charge is 0.351 e. The number of hydrogen-bond donors (Lipinski definition) is 2. The van der Waals surface area contributed by atoms with Crippen molar-refractivity contribution in [1.29, 1.82) is 0 Å². The van der Waals surface area contributed by atoms with Gasteiger partial charge in [-0.25, -0.2) is 0 Å². The molecule has 19 heavy (non-hydrogen) atoms. The number of hydrogen-bond acceptors (Lipinski definition) is 3. The smallest absolute Gasteiger partial charge is 0.221 e. The molecule has 0 aliphatic heterocycles. The number of carbonyl (C=O) groups is 1. The van der Waals surface area contributed by atoms with Gasteiger partial charge in [-0.2, -0.15) is 5.10 Å². The number of carbonyl (C=O) groups excluding carboxylic acids is 1. The summed E-state index contributed by atoms with van der Waals surface area (Å²) in [4.78, 5) is 11.6. The van der Waals surface area contributed by atoms with E-state index in [1.165, 1.54) is 5.56 Å². The van der Waals surface area contributed by atoms with Crippen LogP contribution in [0, 0.1) is 0 Å². The molecule has 0 aromatic carbocycles. The molecule has 5 heteroatoms. The fourth-order valence-corrected chi connectivity index (χ4v) is 1.93. The molecule has 5 nitrogen and oxygen atoms in total. The minimum Gasteiger partial charge on any atom is -0.351 e. The van der Waals surface area contributed by atoms with Gasteiger partial charge in [0.2, 0.25) is 5.91 Å². The molecular weight excluding hydrogens is 240 g/mol. The summed E-state index contributed by atoms with van der Waals surface area (Å²) in [5.74, 6) is 0.0851. The Bertz CT molecular complexity index is 418. The van der Waals surface area contributed by atoms with E-state index in [4.69, 9.17) is 0 Å². The number of amides is 1. The lowest BCUT2D eigenvalue weighted by Gasteiger charge is -2.20. The molecule has 0 saturated carbocycles. The Kier molecular flexibility index (Phi) is 5.54. The van der Waals surface area contributed by atoms with E-state index in [-0.39, 0.29) is 11.4 Å². The van der Waals surface area contributed by atoms with E-state index in [1.807, 2.05) is 38.7 Å². The minimum absolute atomic E-state index is 0.0851. The van der Waals surface area contributed by atoms with Gasteiger partial charge in [0.1, 0.15) is 0 Å². The average molecular weight is 266 g/mol. The molecule has 0 unspecified atom stereocenters. The van der Waals surface area contributed by atoms with Gasteiger partial charge < -0.3 is 10.6 Å². The molecule has 0 aliphatic carbocycles. The molecule has 1 aromatic heterocycles. The van der Waals surface area contributed by atoms with Gasteiger partial charge in [-0.15, -0.1) is 0 Å². The van der Waals surface area contributed by atoms with Crippen LogP contribution in [0.2, 0.25) is 0 Å². The van der Waals surface area contributed by atoms with Crippen LogP contribution < -0.4 is 10.6 Å². The van der Waals surface area contributed by atoms with E-state index in [0.29, 0.717) is 13.0 Å². The van der Waals surface area contributed by atoms with E-state index in [2.05, 4.69) is 22.7 Å². The lowest BCUT2D eigenvalue weighted by Crippen LogP contribution is -2.41. The van der Waals surface area contributed by atoms with Crippen LogP contribution in [0.15, 0.2) is 6.20 Å². The average Bonchev–Trinajstić information content (AvgIpc) is 2.63. The van der Waals surface area contributed by atoms with E-state index in [0.717, 1.165) is 18.7 Å². The van der Waals surface area contributed by atoms with Crippen molar-refractivity contribution >= 4 is 5.91 Å². The second kappa shape index (κ2) is 6.70. The summed E-state index contributed by atoms with van der Waals surface area (Å²) in [5.41, 5.74) is 2.17. The first kappa shape index (κ1) is 15.7. The first-order valence-corrected chi connectivity index (χ1v) is 6.85. The topological polar surface area (TPSA) is 59.0 Å². The third kappa shape index (κ3) is 5.87. The molecule has 108 valence electrons. The van der Waals surface area contributed by atoms with E-state index < -0.39 is 0 Å². The second-order valence-corrected chi connectivity index (χ2v) is 5.85. The number of nitrogens with one attached hydrogen (secondary N) is 2. The summed E-state index contributed by atoms with van der Waals surface area (Å²) >= 11 is 0. The Hall–Kier alpha value is -1.36. The van der Waals surface area contributed by atoms with Gasteiger partial charge in [-0.05, 0) is 27.2 Å². The highest BCUT2D eigenvalue weighted by Gasteiger charge is 2.13. The normalized spacial score (nSPS) is 11.6. The zero-order valence-corrected chi connectivity index (χ0v) is 12.7. The maximum Gasteiger partial charge on any atom is 0.221 e. The van der Waals surface area contributed by atoms with Gasteiger partial charge in [-0.3, -0.25) is 9.48 Å². The molecular formula is C14H26N4O. The molecule has 0 radical (unpaired) electrons. The van der Waals surface area contributed by atoms with Crippen LogP contribution in [-0.4, -0.2) is 27.8 Å². The first-order valence-electron chi connectivity index (χ1n) is 6.85. The standard InChI is InChI=1S/C14H26N4O/c1-6-12-11(10-18(5)17-12)9-15-8-7-13(19)16-14(2,3)4/h10,15H,6-9H2,1-5H3,(H,16,19). The van der Waals surface area contributed by atoms with Crippen molar-refractivity contribution in [3.8, 4) is 0 Å². The Labute approximate surface area is 115 Å². The van der Waals surface area contributed by atoms with Crippen molar-refractivity contribution in [2.75, 3.05) is 6.54 Å². The van der Waals surface area contributed by atoms with Crippen LogP contribution >= 0.6 is 0 Å². The summed E-state index contributed by atoms with van der Waals surface area (Å²) < 4.78 is 1.84. The minimum atomic E-state index is -0.157. The zero-order valence-electron chi connectivity index (χ0n) is 12.7. The van der Waals surface area contributed by atoms with Gasteiger partial charge in [0.15, 0.2) is 0 Å². The summed E-state index contributed by atoms with van der Waals surface area (Å²) in [5, 5.41) is 10.6. The second-order valence-electron chi connectivity index (χ2n) is 5.85. The Balaban J connectivity index is 2.29. The Morgan fingerprint density at radius 1 is 1.42 bits per heavy atom. The quantitative estimate of drug-likeness (QED) is 0.765. The summed E-state index contributed by atoms with van der Waals surface area (Å²) in [6.07, 6.45) is 3.46. The van der Waals surface area contributed by atoms with E-state index in [9.17, 15) is 4.79 Å². The van der Waals surface area contributed by atoms with Crippen molar-refractivity contribution in [1.82, 2.24) is 20.4 Å². The van der Waals surface area contributed by atoms with Gasteiger partial charge in [0.05, 0.1) is 5.69 Å². The van der Waals surface area contributed by atoms with Gasteiger partial charge in [-0.1, -0.05) is 6.92 Å². The SMILES string of the molecule is CCc1nn(C)cc1CNCCC(=O)NC(C)(C)C. The molecule has 0 fully saturated rings. The van der Waals surface area contributed by atoms with Crippen molar-refractivity contribution in [3.05, 3.63) is 17.5 Å². The molecule has 1 aromatic rings. The zero-order chi connectivity index (χ0) is 14.5. The molecule has 2 N–H and O–H groups in total. The fourth-order valence-electron chi connectivity index (χ4n) is 1.93. The molecule has 0 atom stereocenters. The lowest BCUT2D eigenvalue weighted by atomic mass is 10.1. The number of aryl methyl sites for hydroxylation is 2. The van der Waals surface area contributed by atoms with E-state index >= 15 is 0 Å². The Morgan fingerprint density at radius 2 is 2.11 bits per heavy atom. The predicted molar refractivity (Wildman–Crippen MR) is 76.8 cm³/mol. The number of aromatic nitrogens is 2. The first-order chi connectivity index (χ1) is 8.81. The third-order valence-electron chi connectivity index (χ3n) is 2.69. The number of rotatable bonds is 6. The van der Waals surface area contributed by atoms with Crippen molar-refractivity contribution in [3.63, 3.8) is 0 Å². The molecule has 1 rings (SSSR count). The maximum atomic E-state index is 11.6. The van der Waals surface area contributed by atoms with Crippen LogP contribution in [0.5, 0.6) is 0 Å². The predicted octanol–water partition coefficient (Wildman–Crippen LogP) is 1.38. The molecule has 0 bridgehead atoms. The van der Waals surface area contributed by atoms with Gasteiger partial charge in [0.25, 0.3) is 0 Å². The number of nitrogens with zero attached hydrogens (tertiary/aromatic N) is 2. The summed E-state index contributed by atoms with van der Waals surface area (Å²) in [6.45, 7) is 9.51. The fraction of sp³-hybridized carbons (Fsp3) is 0.714. The van der Waals surface area contributed by atoms with Crippen LogP contribution in [0.1, 0.15) is 45.4 Å². The Morgan fingerprint density at radius 3 is 2.68 bits per heavy atom. The molecule has 1 heterocycles.